The molecule has 3 rings (SSSR count). The summed E-state index contributed by atoms with van der Waals surface area (Å²) in [4.78, 5) is 0. The highest BCUT2D eigenvalue weighted by atomic mass is 16.3. The highest BCUT2D eigenvalue weighted by Crippen LogP contribution is 2.31. The van der Waals surface area contributed by atoms with E-state index in [1.165, 1.54) is 16.3 Å². The van der Waals surface area contributed by atoms with Gasteiger partial charge >= 0.3 is 0 Å². The van der Waals surface area contributed by atoms with Gasteiger partial charge < -0.3 is 5.11 Å². The Labute approximate surface area is 82.3 Å². The minimum Gasteiger partial charge on any atom is -0.508 e. The molecule has 0 radical (unpaired) electrons. The van der Waals surface area contributed by atoms with Gasteiger partial charge in [0.15, 0.2) is 0 Å². The lowest BCUT2D eigenvalue weighted by molar-refractivity contribution is 0.510. The molecule has 1 nitrogen and oxygen atoms in total. The van der Waals surface area contributed by atoms with Crippen LogP contribution in [0.15, 0.2) is 42.5 Å². The van der Waals surface area contributed by atoms with Crippen LogP contribution in [0.5, 0.6) is 0 Å². The van der Waals surface area contributed by atoms with Gasteiger partial charge in [0.1, 0.15) is 5.76 Å². The van der Waals surface area contributed by atoms with E-state index in [2.05, 4.69) is 24.3 Å². The van der Waals surface area contributed by atoms with Crippen molar-refractivity contribution < 1.29 is 5.11 Å². The van der Waals surface area contributed by atoms with E-state index in [1.807, 2.05) is 18.2 Å². The topological polar surface area (TPSA) is 20.2 Å². The Kier molecular flexibility index (Phi) is 1.42. The van der Waals surface area contributed by atoms with Crippen LogP contribution in [-0.2, 0) is 6.42 Å². The minimum absolute atomic E-state index is 0.411. The molecular weight excluding hydrogens is 172 g/mol. The average Bonchev–Trinajstić information content (AvgIpc) is 2.24. The van der Waals surface area contributed by atoms with Crippen molar-refractivity contribution in [3.63, 3.8) is 0 Å². The molecule has 2 aromatic carbocycles. The average molecular weight is 182 g/mol. The second-order valence-electron chi connectivity index (χ2n) is 3.61. The minimum atomic E-state index is 0.411. The van der Waals surface area contributed by atoms with Gasteiger partial charge in [-0.05, 0) is 28.8 Å². The molecule has 0 saturated carbocycles. The zero-order valence-corrected chi connectivity index (χ0v) is 7.70. The Bertz CT molecular complexity index is 533. The number of allylic oxidation sites excluding steroid dienone is 1. The SMILES string of the molecule is OC1=CCc2cccc3cccc1c23. The molecule has 1 N–H and O–H groups in total. The maximum atomic E-state index is 9.73. The first kappa shape index (κ1) is 7.63. The second-order valence-corrected chi connectivity index (χ2v) is 3.61. The zero-order chi connectivity index (χ0) is 9.54. The van der Waals surface area contributed by atoms with Crippen LogP contribution in [0.25, 0.3) is 16.5 Å². The van der Waals surface area contributed by atoms with Crippen LogP contribution in [0.4, 0.5) is 0 Å². The van der Waals surface area contributed by atoms with Crippen molar-refractivity contribution in [1.82, 2.24) is 0 Å². The molecule has 0 saturated heterocycles. The van der Waals surface area contributed by atoms with Gasteiger partial charge in [-0.15, -0.1) is 0 Å². The summed E-state index contributed by atoms with van der Waals surface area (Å²) in [5, 5.41) is 12.1. The predicted octanol–water partition coefficient (Wildman–Crippen LogP) is 3.29. The van der Waals surface area contributed by atoms with Gasteiger partial charge in [0.2, 0.25) is 0 Å². The van der Waals surface area contributed by atoms with E-state index in [0.29, 0.717) is 5.76 Å². The first-order chi connectivity index (χ1) is 6.86. The smallest absolute Gasteiger partial charge is 0.119 e. The van der Waals surface area contributed by atoms with Crippen molar-refractivity contribution in [2.75, 3.05) is 0 Å². The van der Waals surface area contributed by atoms with Crippen molar-refractivity contribution in [3.8, 4) is 0 Å². The molecule has 0 spiro atoms. The molecule has 0 aromatic heterocycles. The maximum Gasteiger partial charge on any atom is 0.119 e. The van der Waals surface area contributed by atoms with E-state index in [0.717, 1.165) is 12.0 Å². The summed E-state index contributed by atoms with van der Waals surface area (Å²) in [5.41, 5.74) is 2.26. The monoisotopic (exact) mass is 182 g/mol. The molecule has 2 aromatic rings. The molecule has 0 heterocycles. The highest BCUT2D eigenvalue weighted by molar-refractivity contribution is 5.96. The fourth-order valence-electron chi connectivity index (χ4n) is 2.12. The third kappa shape index (κ3) is 0.896. The molecule has 1 heteroatoms. The van der Waals surface area contributed by atoms with E-state index in [1.54, 1.807) is 0 Å². The number of benzene rings is 2. The molecule has 0 fully saturated rings. The van der Waals surface area contributed by atoms with Gasteiger partial charge in [-0.25, -0.2) is 0 Å². The fourth-order valence-corrected chi connectivity index (χ4v) is 2.12. The largest absolute Gasteiger partial charge is 0.508 e. The van der Waals surface area contributed by atoms with Gasteiger partial charge in [-0.3, -0.25) is 0 Å². The van der Waals surface area contributed by atoms with Gasteiger partial charge in [0, 0.05) is 5.56 Å². The van der Waals surface area contributed by atoms with Crippen LogP contribution >= 0.6 is 0 Å². The number of aliphatic hydroxyl groups is 1. The van der Waals surface area contributed by atoms with Crippen molar-refractivity contribution in [2.24, 2.45) is 0 Å². The van der Waals surface area contributed by atoms with Crippen molar-refractivity contribution in [3.05, 3.63) is 53.6 Å². The zero-order valence-electron chi connectivity index (χ0n) is 7.70. The van der Waals surface area contributed by atoms with Crippen LogP contribution in [-0.4, -0.2) is 5.11 Å². The maximum absolute atomic E-state index is 9.73. The Morgan fingerprint density at radius 1 is 1.00 bits per heavy atom. The third-order valence-electron chi connectivity index (χ3n) is 2.78. The Morgan fingerprint density at radius 2 is 1.79 bits per heavy atom. The van der Waals surface area contributed by atoms with Crippen LogP contribution < -0.4 is 0 Å². The number of hydrogen-bond acceptors (Lipinski definition) is 1. The lowest BCUT2D eigenvalue weighted by Crippen LogP contribution is -1.97. The normalized spacial score (nSPS) is 14.1. The Balaban J connectivity index is 2.52. The fraction of sp³-hybridized carbons (Fsp3) is 0.0769. The van der Waals surface area contributed by atoms with E-state index in [9.17, 15) is 5.11 Å². The molecule has 68 valence electrons. The summed E-state index contributed by atoms with van der Waals surface area (Å²) in [5.74, 6) is 0.411. The van der Waals surface area contributed by atoms with Crippen LogP contribution in [0.1, 0.15) is 11.1 Å². The first-order valence-corrected chi connectivity index (χ1v) is 4.76. The summed E-state index contributed by atoms with van der Waals surface area (Å²) in [6.07, 6.45) is 2.71. The van der Waals surface area contributed by atoms with E-state index in [-0.39, 0.29) is 0 Å². The van der Waals surface area contributed by atoms with Crippen LogP contribution in [0.3, 0.4) is 0 Å². The summed E-state index contributed by atoms with van der Waals surface area (Å²) in [6.45, 7) is 0. The molecular formula is C13H10O. The summed E-state index contributed by atoms with van der Waals surface area (Å²) in [7, 11) is 0. The summed E-state index contributed by atoms with van der Waals surface area (Å²) < 4.78 is 0. The van der Waals surface area contributed by atoms with Gasteiger partial charge in [0.05, 0.1) is 0 Å². The van der Waals surface area contributed by atoms with Crippen molar-refractivity contribution >= 4 is 16.5 Å². The molecule has 1 aliphatic rings. The molecule has 14 heavy (non-hydrogen) atoms. The first-order valence-electron chi connectivity index (χ1n) is 4.76. The molecule has 0 atom stereocenters. The third-order valence-corrected chi connectivity index (χ3v) is 2.78. The highest BCUT2D eigenvalue weighted by Gasteiger charge is 2.12. The summed E-state index contributed by atoms with van der Waals surface area (Å²) >= 11 is 0. The van der Waals surface area contributed by atoms with Crippen molar-refractivity contribution in [2.45, 2.75) is 6.42 Å². The lowest BCUT2D eigenvalue weighted by Gasteiger charge is -2.14. The van der Waals surface area contributed by atoms with Gasteiger partial charge in [-0.2, -0.15) is 0 Å². The van der Waals surface area contributed by atoms with E-state index in [4.69, 9.17) is 0 Å². The van der Waals surface area contributed by atoms with Gasteiger partial charge in [0.25, 0.3) is 0 Å². The Hall–Kier alpha value is -1.76. The number of rotatable bonds is 0. The summed E-state index contributed by atoms with van der Waals surface area (Å²) in [6, 6.07) is 12.3. The Morgan fingerprint density at radius 3 is 2.64 bits per heavy atom. The standard InChI is InChI=1S/C13H10O/c14-12-8-7-10-4-1-3-9-5-2-6-11(12)13(9)10/h1-6,8,14H,7H2. The molecule has 0 amide bonds. The van der Waals surface area contributed by atoms with Gasteiger partial charge in [-0.1, -0.05) is 36.4 Å². The second kappa shape index (κ2) is 2.61. The lowest BCUT2D eigenvalue weighted by atomic mass is 9.92. The number of hydrogen-bond donors (Lipinski definition) is 1. The quantitative estimate of drug-likeness (QED) is 0.662. The van der Waals surface area contributed by atoms with Crippen molar-refractivity contribution in [1.29, 1.82) is 0 Å². The predicted molar refractivity (Wildman–Crippen MR) is 58.3 cm³/mol. The number of aliphatic hydroxyl groups excluding tert-OH is 1. The van der Waals surface area contributed by atoms with Crippen LogP contribution in [0, 0.1) is 0 Å². The molecule has 0 bridgehead atoms. The molecule has 1 aliphatic carbocycles. The molecule has 0 unspecified atom stereocenters. The molecule has 0 aliphatic heterocycles. The van der Waals surface area contributed by atoms with E-state index >= 15 is 0 Å². The van der Waals surface area contributed by atoms with Crippen LogP contribution in [0.2, 0.25) is 0 Å². The van der Waals surface area contributed by atoms with E-state index < -0.39 is 0 Å².